The molecule has 0 amide bonds. The summed E-state index contributed by atoms with van der Waals surface area (Å²) < 4.78 is 31.7. The van der Waals surface area contributed by atoms with Gasteiger partial charge in [0, 0.05) is 25.4 Å². The van der Waals surface area contributed by atoms with E-state index in [1.807, 2.05) is 0 Å². The van der Waals surface area contributed by atoms with Gasteiger partial charge in [-0.1, -0.05) is 110 Å². The van der Waals surface area contributed by atoms with Gasteiger partial charge in [-0.05, 0) is 59.7 Å². The summed E-state index contributed by atoms with van der Waals surface area (Å²) in [5.74, 6) is -1.07. The molecule has 1 fully saturated rings. The van der Waals surface area contributed by atoms with E-state index in [1.54, 1.807) is 0 Å². The number of hydrogen-bond donors (Lipinski definition) is 1. The van der Waals surface area contributed by atoms with E-state index >= 15 is 0 Å². The number of alkyl halides is 3. The molecule has 0 aromatic heterocycles. The summed E-state index contributed by atoms with van der Waals surface area (Å²) >= 11 is 0. The summed E-state index contributed by atoms with van der Waals surface area (Å²) in [6.07, 6.45) is 3.53. The minimum atomic E-state index is -5.08. The number of carbonyl (C=O) groups is 1. The molecule has 1 N–H and O–H groups in total. The van der Waals surface area contributed by atoms with Gasteiger partial charge in [0.15, 0.2) is 0 Å². The van der Waals surface area contributed by atoms with Crippen molar-refractivity contribution in [3.63, 3.8) is 0 Å². The molecule has 2 nitrogen and oxygen atoms in total. The van der Waals surface area contributed by atoms with Crippen LogP contribution in [0.25, 0.3) is 0 Å². The molecule has 1 saturated carbocycles. The Morgan fingerprint density at radius 2 is 1.03 bits per heavy atom. The van der Waals surface area contributed by atoms with Crippen LogP contribution in [0.5, 0.6) is 0 Å². The molecule has 0 bridgehead atoms. The van der Waals surface area contributed by atoms with Crippen molar-refractivity contribution in [2.75, 3.05) is 0 Å². The summed E-state index contributed by atoms with van der Waals surface area (Å²) in [7, 11) is 0.262. The first-order valence-electron chi connectivity index (χ1n) is 11.7. The van der Waals surface area contributed by atoms with Crippen LogP contribution in [0.1, 0.15) is 58.6 Å². The first-order valence-corrected chi connectivity index (χ1v) is 13.3. The zero-order chi connectivity index (χ0) is 26.6. The molecular weight excluding hydrogens is 571 g/mol. The van der Waals surface area contributed by atoms with E-state index in [4.69, 9.17) is 9.90 Å². The fourth-order valence-electron chi connectivity index (χ4n) is 4.24. The summed E-state index contributed by atoms with van der Waals surface area (Å²) in [5.41, 5.74) is 5.38. The molecule has 7 heteroatoms. The van der Waals surface area contributed by atoms with Crippen LogP contribution in [0.15, 0.2) is 60.7 Å². The average molecular weight is 608 g/mol. The van der Waals surface area contributed by atoms with Crippen LogP contribution >= 0.6 is 7.92 Å². The maximum absolute atomic E-state index is 10.6. The van der Waals surface area contributed by atoms with Gasteiger partial charge < -0.3 is 5.11 Å². The molecule has 6 radical (unpaired) electrons. The van der Waals surface area contributed by atoms with Crippen LogP contribution in [-0.2, 0) is 24.3 Å². The number of rotatable bonds is 6. The van der Waals surface area contributed by atoms with Crippen LogP contribution < -0.4 is 0 Å². The van der Waals surface area contributed by atoms with E-state index in [0.717, 1.165) is 17.0 Å². The Kier molecular flexibility index (Phi) is 16.7. The van der Waals surface area contributed by atoms with Gasteiger partial charge in [-0.3, -0.25) is 0 Å². The van der Waals surface area contributed by atoms with Gasteiger partial charge in [0.25, 0.3) is 0 Å². The predicted octanol–water partition coefficient (Wildman–Crippen LogP) is 8.55. The van der Waals surface area contributed by atoms with Gasteiger partial charge in [0.05, 0.1) is 0 Å². The van der Waals surface area contributed by atoms with E-state index < -0.39 is 12.1 Å². The maximum atomic E-state index is 10.6. The van der Waals surface area contributed by atoms with Crippen LogP contribution in [0.2, 0.25) is 0 Å². The minimum Gasteiger partial charge on any atom is -0.475 e. The van der Waals surface area contributed by atoms with Crippen molar-refractivity contribution >= 4 is 13.9 Å². The topological polar surface area (TPSA) is 37.3 Å². The fraction of sp³-hybridized carbons (Fsp3) is 0.379. The van der Waals surface area contributed by atoms with Crippen molar-refractivity contribution in [3.8, 4) is 0 Å². The van der Waals surface area contributed by atoms with Crippen molar-refractivity contribution in [1.82, 2.24) is 0 Å². The van der Waals surface area contributed by atoms with Crippen molar-refractivity contribution < 1.29 is 42.6 Å². The third-order valence-electron chi connectivity index (χ3n) is 5.32. The normalized spacial score (nSPS) is 13.8. The molecule has 36 heavy (non-hydrogen) atoms. The average Bonchev–Trinajstić information content (AvgIpc) is 3.29. The molecule has 0 saturated heterocycles. The maximum Gasteiger partial charge on any atom is 0.490 e. The molecule has 0 heterocycles. The third-order valence-corrected chi connectivity index (χ3v) is 8.90. The Labute approximate surface area is 230 Å². The van der Waals surface area contributed by atoms with Gasteiger partial charge in [-0.2, -0.15) is 13.2 Å². The van der Waals surface area contributed by atoms with Crippen molar-refractivity contribution in [1.29, 1.82) is 0 Å². The van der Waals surface area contributed by atoms with E-state index in [9.17, 15) is 13.2 Å². The van der Waals surface area contributed by atoms with Crippen molar-refractivity contribution in [3.05, 3.63) is 103 Å². The molecule has 1 aliphatic rings. The zero-order valence-electron chi connectivity index (χ0n) is 21.7. The molecule has 2 aromatic rings. The molecule has 2 aromatic carbocycles. The quantitative estimate of drug-likeness (QED) is 0.264. The van der Waals surface area contributed by atoms with Crippen LogP contribution in [0.4, 0.5) is 13.2 Å². The number of carboxylic acid groups (broad SMARTS) is 1. The Bertz CT molecular complexity index is 778. The molecule has 200 valence electrons. The summed E-state index contributed by atoms with van der Waals surface area (Å²) in [4.78, 5) is 8.90. The van der Waals surface area contributed by atoms with Crippen LogP contribution in [0, 0.1) is 31.6 Å². The second-order valence-corrected chi connectivity index (χ2v) is 13.0. The number of aliphatic carboxylic acids is 1. The second kappa shape index (κ2) is 17.3. The predicted molar refractivity (Wildman–Crippen MR) is 141 cm³/mol. The van der Waals surface area contributed by atoms with Gasteiger partial charge in [0.2, 0.25) is 0 Å². The monoisotopic (exact) mass is 608 g/mol. The first-order chi connectivity index (χ1) is 16.4. The van der Waals surface area contributed by atoms with Crippen LogP contribution in [0.3, 0.4) is 0 Å². The van der Waals surface area contributed by atoms with E-state index in [2.05, 4.69) is 128 Å². The molecule has 0 atom stereocenters. The second-order valence-electron chi connectivity index (χ2n) is 9.00. The number of halogens is 3. The number of hydrogen-bond acceptors (Lipinski definition) is 1. The standard InChI is InChI=1S/C18H15.C9H21P.C2HF3O2.Rh/c1-3-9-15(10-4-1)18(17-13-7-8-14-17)16-11-5-2-6-12-16;1-7(2)10(8(3)4)9(5)6;3-2(4,5)1(6)7;/h1-14,18H;7-9H,1-6H3;(H,6,7);. The van der Waals surface area contributed by atoms with E-state index in [-0.39, 0.29) is 27.4 Å². The Morgan fingerprint density at radius 3 is 1.25 bits per heavy atom. The van der Waals surface area contributed by atoms with Crippen LogP contribution in [-0.4, -0.2) is 34.2 Å². The van der Waals surface area contributed by atoms with E-state index in [0.29, 0.717) is 5.92 Å². The molecule has 1 aliphatic carbocycles. The van der Waals surface area contributed by atoms with Gasteiger partial charge >= 0.3 is 12.1 Å². The molecular formula is C29H37F3O2PRh. The van der Waals surface area contributed by atoms with Crippen molar-refractivity contribution in [2.24, 2.45) is 0 Å². The van der Waals surface area contributed by atoms with Crippen molar-refractivity contribution in [2.45, 2.75) is 70.6 Å². The molecule has 0 aliphatic heterocycles. The zero-order valence-corrected chi connectivity index (χ0v) is 24.2. The Balaban J connectivity index is 0.000000582. The Morgan fingerprint density at radius 1 is 0.722 bits per heavy atom. The fourth-order valence-corrected chi connectivity index (χ4v) is 7.82. The first kappa shape index (κ1) is 34.8. The Hall–Kier alpha value is -1.25. The molecule has 3 rings (SSSR count). The van der Waals surface area contributed by atoms with E-state index in [1.165, 1.54) is 17.0 Å². The van der Waals surface area contributed by atoms with Gasteiger partial charge in [-0.25, -0.2) is 4.79 Å². The number of carboxylic acids is 1. The van der Waals surface area contributed by atoms with Gasteiger partial charge in [-0.15, -0.1) is 0 Å². The third kappa shape index (κ3) is 12.3. The summed E-state index contributed by atoms with van der Waals surface area (Å²) in [5, 5.41) is 7.12. The SMILES string of the molecule is CC(C)P(C(C)C)C(C)C.O=C(O)C(F)(F)F.[CH]1[CH][CH][C](C(c2ccccc2)c2ccccc2)[CH]1.[Rh]. The summed E-state index contributed by atoms with van der Waals surface area (Å²) in [6, 6.07) is 21.3. The number of benzene rings is 2. The molecule has 0 unspecified atom stereocenters. The largest absolute Gasteiger partial charge is 0.490 e. The van der Waals surface area contributed by atoms with Gasteiger partial charge in [0.1, 0.15) is 0 Å². The summed E-state index contributed by atoms with van der Waals surface area (Å²) in [6.45, 7) is 14.1. The molecule has 0 spiro atoms. The minimum absolute atomic E-state index is 0. The smallest absolute Gasteiger partial charge is 0.475 e.